The molecule has 0 spiro atoms. The molecule has 3 nitrogen and oxygen atoms in total. The van der Waals surface area contributed by atoms with Gasteiger partial charge in [-0.1, -0.05) is 42.5 Å². The number of carboxylic acids is 1. The van der Waals surface area contributed by atoms with Crippen LogP contribution >= 0.6 is 11.8 Å². The van der Waals surface area contributed by atoms with Crippen molar-refractivity contribution in [3.05, 3.63) is 59.7 Å². The summed E-state index contributed by atoms with van der Waals surface area (Å²) >= 11 is 1.79. The molecule has 0 fully saturated rings. The molecule has 0 aliphatic carbocycles. The van der Waals surface area contributed by atoms with Crippen molar-refractivity contribution in [3.63, 3.8) is 0 Å². The van der Waals surface area contributed by atoms with Crippen molar-refractivity contribution in [3.8, 4) is 11.1 Å². The predicted octanol–water partition coefficient (Wildman–Crippen LogP) is 3.67. The van der Waals surface area contributed by atoms with Crippen LogP contribution in [0.2, 0.25) is 0 Å². The number of thioether (sulfide) groups is 1. The Morgan fingerprint density at radius 3 is 2.43 bits per heavy atom. The molecule has 0 unspecified atom stereocenters. The Hall–Kier alpha value is -1.78. The van der Waals surface area contributed by atoms with E-state index in [0.29, 0.717) is 5.56 Å². The molecular formula is C17H18O3S. The van der Waals surface area contributed by atoms with Crippen molar-refractivity contribution in [2.75, 3.05) is 12.4 Å². The summed E-state index contributed by atoms with van der Waals surface area (Å²) < 4.78 is 0. The molecule has 2 N–H and O–H groups in total. The van der Waals surface area contributed by atoms with E-state index in [-0.39, 0.29) is 6.61 Å². The summed E-state index contributed by atoms with van der Waals surface area (Å²) in [4.78, 5) is 11.2. The highest BCUT2D eigenvalue weighted by Gasteiger charge is 2.10. The molecule has 2 rings (SSSR count). The number of hydrogen-bond acceptors (Lipinski definition) is 3. The maximum atomic E-state index is 11.2. The lowest BCUT2D eigenvalue weighted by molar-refractivity contribution is 0.0697. The van der Waals surface area contributed by atoms with Gasteiger partial charge < -0.3 is 10.2 Å². The summed E-state index contributed by atoms with van der Waals surface area (Å²) in [5, 5.41) is 18.0. The summed E-state index contributed by atoms with van der Waals surface area (Å²) in [6, 6.07) is 15.0. The fourth-order valence-corrected chi connectivity index (χ4v) is 2.96. The smallest absolute Gasteiger partial charge is 0.336 e. The fraction of sp³-hybridized carbons (Fsp3) is 0.235. The SMILES string of the molecule is O=C(O)c1ccccc1-c1ccc(CSCCCO)cc1. The van der Waals surface area contributed by atoms with E-state index >= 15 is 0 Å². The summed E-state index contributed by atoms with van der Waals surface area (Å²) in [6.45, 7) is 0.234. The molecule has 0 radical (unpaired) electrons. The van der Waals surface area contributed by atoms with Crippen LogP contribution in [0, 0.1) is 0 Å². The normalized spacial score (nSPS) is 10.5. The standard InChI is InChI=1S/C17H18O3S/c18-10-3-11-21-12-13-6-8-14(9-7-13)15-4-1-2-5-16(15)17(19)20/h1-2,4-9,18H,3,10-12H2,(H,19,20). The first-order chi connectivity index (χ1) is 10.2. The van der Waals surface area contributed by atoms with Gasteiger partial charge in [0.25, 0.3) is 0 Å². The molecule has 21 heavy (non-hydrogen) atoms. The number of aliphatic hydroxyl groups is 1. The molecule has 0 saturated carbocycles. The Labute approximate surface area is 128 Å². The van der Waals surface area contributed by atoms with E-state index < -0.39 is 5.97 Å². The van der Waals surface area contributed by atoms with Crippen LogP contribution in [0.1, 0.15) is 22.3 Å². The Bertz CT molecular complexity index is 593. The zero-order valence-corrected chi connectivity index (χ0v) is 12.5. The van der Waals surface area contributed by atoms with Gasteiger partial charge in [0, 0.05) is 12.4 Å². The lowest BCUT2D eigenvalue weighted by Gasteiger charge is -2.07. The van der Waals surface area contributed by atoms with Gasteiger partial charge in [0.05, 0.1) is 5.56 Å². The summed E-state index contributed by atoms with van der Waals surface area (Å²) in [5.74, 6) is 0.940. The molecule has 4 heteroatoms. The quantitative estimate of drug-likeness (QED) is 0.766. The first-order valence-corrected chi connectivity index (χ1v) is 7.98. The van der Waals surface area contributed by atoms with E-state index in [9.17, 15) is 9.90 Å². The highest BCUT2D eigenvalue weighted by atomic mass is 32.2. The fourth-order valence-electron chi connectivity index (χ4n) is 2.06. The molecule has 0 bridgehead atoms. The third-order valence-corrected chi connectivity index (χ3v) is 4.25. The van der Waals surface area contributed by atoms with E-state index in [1.807, 2.05) is 36.4 Å². The predicted molar refractivity (Wildman–Crippen MR) is 86.7 cm³/mol. The van der Waals surface area contributed by atoms with E-state index in [0.717, 1.165) is 29.1 Å². The summed E-state index contributed by atoms with van der Waals surface area (Å²) in [6.07, 6.45) is 0.814. The second-order valence-electron chi connectivity index (χ2n) is 4.68. The van der Waals surface area contributed by atoms with Crippen LogP contribution in [0.4, 0.5) is 0 Å². The average Bonchev–Trinajstić information content (AvgIpc) is 2.52. The minimum absolute atomic E-state index is 0.234. The van der Waals surface area contributed by atoms with E-state index in [4.69, 9.17) is 5.11 Å². The zero-order chi connectivity index (χ0) is 15.1. The van der Waals surface area contributed by atoms with Gasteiger partial charge in [-0.25, -0.2) is 4.79 Å². The lowest BCUT2D eigenvalue weighted by atomic mass is 9.99. The Kier molecular flexibility index (Phi) is 5.84. The second-order valence-corrected chi connectivity index (χ2v) is 5.78. The van der Waals surface area contributed by atoms with Gasteiger partial charge >= 0.3 is 5.97 Å². The van der Waals surface area contributed by atoms with Crippen LogP contribution in [0.25, 0.3) is 11.1 Å². The molecule has 0 amide bonds. The van der Waals surface area contributed by atoms with Crippen molar-refractivity contribution in [2.24, 2.45) is 0 Å². The molecular weight excluding hydrogens is 284 g/mol. The van der Waals surface area contributed by atoms with Gasteiger partial charge in [0.15, 0.2) is 0 Å². The highest BCUT2D eigenvalue weighted by molar-refractivity contribution is 7.98. The van der Waals surface area contributed by atoms with Gasteiger partial charge in [-0.3, -0.25) is 0 Å². The minimum Gasteiger partial charge on any atom is -0.478 e. The summed E-state index contributed by atoms with van der Waals surface area (Å²) in [7, 11) is 0. The number of benzene rings is 2. The topological polar surface area (TPSA) is 57.5 Å². The van der Waals surface area contributed by atoms with Crippen molar-refractivity contribution in [2.45, 2.75) is 12.2 Å². The van der Waals surface area contributed by atoms with Crippen LogP contribution < -0.4 is 0 Å². The molecule has 2 aromatic rings. The molecule has 0 aromatic heterocycles. The average molecular weight is 302 g/mol. The van der Waals surface area contributed by atoms with Gasteiger partial charge in [0.2, 0.25) is 0 Å². The zero-order valence-electron chi connectivity index (χ0n) is 11.7. The van der Waals surface area contributed by atoms with Gasteiger partial charge in [-0.2, -0.15) is 11.8 Å². The van der Waals surface area contributed by atoms with Crippen LogP contribution in [0.5, 0.6) is 0 Å². The lowest BCUT2D eigenvalue weighted by Crippen LogP contribution is -1.99. The molecule has 0 atom stereocenters. The Morgan fingerprint density at radius 1 is 1.05 bits per heavy atom. The van der Waals surface area contributed by atoms with Crippen molar-refractivity contribution in [1.29, 1.82) is 0 Å². The van der Waals surface area contributed by atoms with Gasteiger partial charge in [-0.15, -0.1) is 0 Å². The van der Waals surface area contributed by atoms with Gasteiger partial charge in [0.1, 0.15) is 0 Å². The highest BCUT2D eigenvalue weighted by Crippen LogP contribution is 2.25. The monoisotopic (exact) mass is 302 g/mol. The Morgan fingerprint density at radius 2 is 1.76 bits per heavy atom. The molecule has 110 valence electrons. The minimum atomic E-state index is -0.908. The third kappa shape index (κ3) is 4.34. The van der Waals surface area contributed by atoms with Crippen LogP contribution in [0.15, 0.2) is 48.5 Å². The number of carbonyl (C=O) groups is 1. The van der Waals surface area contributed by atoms with Crippen molar-refractivity contribution < 1.29 is 15.0 Å². The number of carboxylic acid groups (broad SMARTS) is 1. The van der Waals surface area contributed by atoms with Crippen LogP contribution in [0.3, 0.4) is 0 Å². The molecule has 0 heterocycles. The number of rotatable bonds is 7. The maximum absolute atomic E-state index is 11.2. The summed E-state index contributed by atoms with van der Waals surface area (Å²) in [5.41, 5.74) is 3.18. The van der Waals surface area contributed by atoms with E-state index in [2.05, 4.69) is 0 Å². The molecule has 0 aliphatic heterocycles. The number of aliphatic hydroxyl groups excluding tert-OH is 1. The molecule has 2 aromatic carbocycles. The largest absolute Gasteiger partial charge is 0.478 e. The maximum Gasteiger partial charge on any atom is 0.336 e. The van der Waals surface area contributed by atoms with Crippen molar-refractivity contribution in [1.82, 2.24) is 0 Å². The first kappa shape index (κ1) is 15.6. The van der Waals surface area contributed by atoms with Crippen molar-refractivity contribution >= 4 is 17.7 Å². The number of aromatic carboxylic acids is 1. The molecule has 0 aliphatic rings. The Balaban J connectivity index is 2.10. The van der Waals surface area contributed by atoms with E-state index in [1.54, 1.807) is 23.9 Å². The second kappa shape index (κ2) is 7.86. The number of hydrogen-bond donors (Lipinski definition) is 2. The van der Waals surface area contributed by atoms with Crippen LogP contribution in [-0.2, 0) is 5.75 Å². The first-order valence-electron chi connectivity index (χ1n) is 6.82. The molecule has 0 saturated heterocycles. The van der Waals surface area contributed by atoms with Gasteiger partial charge in [-0.05, 0) is 34.9 Å². The van der Waals surface area contributed by atoms with Crippen LogP contribution in [-0.4, -0.2) is 28.5 Å². The van der Waals surface area contributed by atoms with E-state index in [1.165, 1.54) is 5.56 Å². The third-order valence-electron chi connectivity index (χ3n) is 3.14.